The predicted molar refractivity (Wildman–Crippen MR) is 129 cm³/mol. The number of hydrogen-bond donors (Lipinski definition) is 0. The van der Waals surface area contributed by atoms with Crippen LogP contribution in [0, 0.1) is 16.7 Å². The standard InChI is InChI=1S/C25H24ClF3N8/c26-18-1-2-19-17(11-18)12-35(15-24(14-30)6-7-24)13-21-33-34-22(37(19)21)16-4-9-36(10-5-16)23-31-8-3-20(32-23)25(27,28)29/h1-3,8,11,16H,4-7,9-10,12-13,15H2. The van der Waals surface area contributed by atoms with Gasteiger partial charge in [-0.25, -0.2) is 9.97 Å². The fourth-order valence-corrected chi connectivity index (χ4v) is 5.54. The first-order chi connectivity index (χ1) is 17.7. The maximum Gasteiger partial charge on any atom is 0.433 e. The fraction of sp³-hybridized carbons (Fsp3) is 0.480. The molecule has 3 aliphatic rings. The normalized spacial score (nSPS) is 19.6. The number of anilines is 1. The number of halogens is 4. The van der Waals surface area contributed by atoms with Crippen LogP contribution >= 0.6 is 11.6 Å². The third kappa shape index (κ3) is 4.64. The van der Waals surface area contributed by atoms with Gasteiger partial charge < -0.3 is 4.90 Å². The van der Waals surface area contributed by atoms with E-state index in [0.29, 0.717) is 50.6 Å². The van der Waals surface area contributed by atoms with Crippen LogP contribution in [0.25, 0.3) is 5.69 Å². The van der Waals surface area contributed by atoms with E-state index in [1.54, 1.807) is 4.90 Å². The monoisotopic (exact) mass is 528 g/mol. The highest BCUT2D eigenvalue weighted by Gasteiger charge is 2.45. The van der Waals surface area contributed by atoms with E-state index >= 15 is 0 Å². The molecule has 0 bridgehead atoms. The van der Waals surface area contributed by atoms with E-state index in [4.69, 9.17) is 11.6 Å². The molecule has 3 aromatic rings. The van der Waals surface area contributed by atoms with Crippen molar-refractivity contribution in [2.75, 3.05) is 24.5 Å². The van der Waals surface area contributed by atoms with Crippen LogP contribution in [0.3, 0.4) is 0 Å². The molecule has 2 fully saturated rings. The molecule has 8 nitrogen and oxygen atoms in total. The maximum absolute atomic E-state index is 13.1. The summed E-state index contributed by atoms with van der Waals surface area (Å²) in [5.41, 5.74) is 0.810. The number of rotatable bonds is 4. The van der Waals surface area contributed by atoms with Crippen LogP contribution in [0.15, 0.2) is 30.5 Å². The summed E-state index contributed by atoms with van der Waals surface area (Å²) in [7, 11) is 0. The Morgan fingerprint density at radius 1 is 1.11 bits per heavy atom. The highest BCUT2D eigenvalue weighted by Crippen LogP contribution is 2.46. The van der Waals surface area contributed by atoms with Crippen molar-refractivity contribution >= 4 is 17.5 Å². The second-order valence-electron chi connectivity index (χ2n) is 10.1. The Hall–Kier alpha value is -3.23. The smallest absolute Gasteiger partial charge is 0.341 e. The predicted octanol–water partition coefficient (Wildman–Crippen LogP) is 4.73. The second kappa shape index (κ2) is 8.96. The SMILES string of the molecule is N#CC1(CN2Cc3cc(Cl)ccc3-n3c(nnc3C3CCN(c4nccc(C(F)(F)F)n4)CC3)C2)CC1. The van der Waals surface area contributed by atoms with Crippen LogP contribution in [-0.2, 0) is 19.3 Å². The average Bonchev–Trinajstić information content (AvgIpc) is 3.57. The summed E-state index contributed by atoms with van der Waals surface area (Å²) in [6.07, 6.45) is -0.167. The first-order valence-corrected chi connectivity index (χ1v) is 12.6. The number of alkyl halides is 3. The summed E-state index contributed by atoms with van der Waals surface area (Å²) in [6.45, 7) is 2.93. The van der Waals surface area contributed by atoms with Gasteiger partial charge in [0.1, 0.15) is 11.5 Å². The Labute approximate surface area is 216 Å². The topological polar surface area (TPSA) is 86.8 Å². The molecule has 1 aliphatic carbocycles. The van der Waals surface area contributed by atoms with E-state index in [1.807, 2.05) is 18.2 Å². The van der Waals surface area contributed by atoms with Gasteiger partial charge in [-0.3, -0.25) is 9.47 Å². The zero-order chi connectivity index (χ0) is 25.8. The minimum atomic E-state index is -4.51. The van der Waals surface area contributed by atoms with Crippen molar-refractivity contribution in [3.05, 3.63) is 58.4 Å². The van der Waals surface area contributed by atoms with Crippen molar-refractivity contribution in [2.24, 2.45) is 5.41 Å². The number of nitrogens with zero attached hydrogens (tertiary/aromatic N) is 8. The summed E-state index contributed by atoms with van der Waals surface area (Å²) < 4.78 is 41.4. The molecule has 1 aromatic carbocycles. The third-order valence-electron chi connectivity index (χ3n) is 7.49. The van der Waals surface area contributed by atoms with Gasteiger partial charge in [0.25, 0.3) is 0 Å². The van der Waals surface area contributed by atoms with E-state index in [0.717, 1.165) is 48.0 Å². The Kier molecular flexibility index (Phi) is 5.84. The second-order valence-corrected chi connectivity index (χ2v) is 10.6. The molecular formula is C25H24ClF3N8. The van der Waals surface area contributed by atoms with Crippen molar-refractivity contribution in [2.45, 2.75) is 50.9 Å². The molecule has 1 saturated heterocycles. The van der Waals surface area contributed by atoms with Gasteiger partial charge >= 0.3 is 6.18 Å². The van der Waals surface area contributed by atoms with Crippen molar-refractivity contribution < 1.29 is 13.2 Å². The summed E-state index contributed by atoms with van der Waals surface area (Å²) in [4.78, 5) is 11.9. The number of aromatic nitrogens is 5. The van der Waals surface area contributed by atoms with Crippen LogP contribution in [0.4, 0.5) is 19.1 Å². The molecule has 0 N–H and O–H groups in total. The van der Waals surface area contributed by atoms with Gasteiger partial charge in [0, 0.05) is 43.3 Å². The number of hydrogen-bond acceptors (Lipinski definition) is 7. The van der Waals surface area contributed by atoms with Gasteiger partial charge in [0.15, 0.2) is 5.82 Å². The maximum atomic E-state index is 13.1. The van der Waals surface area contributed by atoms with Gasteiger partial charge in [-0.15, -0.1) is 10.2 Å². The average molecular weight is 529 g/mol. The highest BCUT2D eigenvalue weighted by atomic mass is 35.5. The van der Waals surface area contributed by atoms with Crippen molar-refractivity contribution in [1.82, 2.24) is 29.6 Å². The van der Waals surface area contributed by atoms with Crippen LogP contribution in [0.2, 0.25) is 5.02 Å². The summed E-state index contributed by atoms with van der Waals surface area (Å²) in [6, 6.07) is 9.17. The molecule has 37 heavy (non-hydrogen) atoms. The number of piperidine rings is 1. The molecule has 2 aliphatic heterocycles. The molecular weight excluding hydrogens is 505 g/mol. The van der Waals surface area contributed by atoms with Gasteiger partial charge in [0.2, 0.25) is 5.95 Å². The first-order valence-electron chi connectivity index (χ1n) is 12.3. The lowest BCUT2D eigenvalue weighted by molar-refractivity contribution is -0.141. The highest BCUT2D eigenvalue weighted by molar-refractivity contribution is 6.30. The number of benzene rings is 1. The summed E-state index contributed by atoms with van der Waals surface area (Å²) >= 11 is 6.35. The lowest BCUT2D eigenvalue weighted by Gasteiger charge is -2.32. The zero-order valence-electron chi connectivity index (χ0n) is 19.9. The Morgan fingerprint density at radius 2 is 1.89 bits per heavy atom. The van der Waals surface area contributed by atoms with E-state index in [-0.39, 0.29) is 17.3 Å². The number of fused-ring (bicyclic) bond motifs is 3. The molecule has 4 heterocycles. The molecule has 1 saturated carbocycles. The molecule has 0 amide bonds. The van der Waals surface area contributed by atoms with Crippen LogP contribution in [0.1, 0.15) is 54.5 Å². The minimum absolute atomic E-state index is 0.0762. The van der Waals surface area contributed by atoms with Crippen LogP contribution in [0.5, 0.6) is 0 Å². The molecule has 192 valence electrons. The Balaban J connectivity index is 1.26. The van der Waals surface area contributed by atoms with Gasteiger partial charge in [-0.2, -0.15) is 18.4 Å². The van der Waals surface area contributed by atoms with E-state index < -0.39 is 11.9 Å². The molecule has 0 radical (unpaired) electrons. The lowest BCUT2D eigenvalue weighted by atomic mass is 9.95. The van der Waals surface area contributed by atoms with E-state index in [9.17, 15) is 18.4 Å². The van der Waals surface area contributed by atoms with Gasteiger partial charge in [-0.05, 0) is 55.5 Å². The molecule has 6 rings (SSSR count). The van der Waals surface area contributed by atoms with Crippen LogP contribution < -0.4 is 4.90 Å². The molecule has 0 spiro atoms. The molecule has 0 atom stereocenters. The van der Waals surface area contributed by atoms with Crippen molar-refractivity contribution in [1.29, 1.82) is 5.26 Å². The first kappa shape index (κ1) is 24.1. The largest absolute Gasteiger partial charge is 0.433 e. The lowest BCUT2D eigenvalue weighted by Crippen LogP contribution is -2.35. The Morgan fingerprint density at radius 3 is 2.59 bits per heavy atom. The van der Waals surface area contributed by atoms with Gasteiger partial charge in [-0.1, -0.05) is 11.6 Å². The fourth-order valence-electron chi connectivity index (χ4n) is 5.35. The molecule has 12 heteroatoms. The quantitative estimate of drug-likeness (QED) is 0.483. The third-order valence-corrected chi connectivity index (χ3v) is 7.72. The Bertz CT molecular complexity index is 1370. The van der Waals surface area contributed by atoms with Crippen molar-refractivity contribution in [3.8, 4) is 11.8 Å². The van der Waals surface area contributed by atoms with Crippen LogP contribution in [-0.4, -0.2) is 49.3 Å². The van der Waals surface area contributed by atoms with Gasteiger partial charge in [0.05, 0.1) is 23.7 Å². The summed E-state index contributed by atoms with van der Waals surface area (Å²) in [5.74, 6) is 1.82. The zero-order valence-corrected chi connectivity index (χ0v) is 20.7. The molecule has 2 aromatic heterocycles. The number of nitriles is 1. The molecule has 0 unspecified atom stereocenters. The minimum Gasteiger partial charge on any atom is -0.341 e. The summed E-state index contributed by atoms with van der Waals surface area (Å²) in [5, 5.41) is 19.4. The van der Waals surface area contributed by atoms with E-state index in [2.05, 4.69) is 35.7 Å². The van der Waals surface area contributed by atoms with Crippen molar-refractivity contribution in [3.63, 3.8) is 0 Å². The van der Waals surface area contributed by atoms with E-state index in [1.165, 1.54) is 0 Å².